The lowest BCUT2D eigenvalue weighted by Crippen LogP contribution is -2.58. The van der Waals surface area contributed by atoms with Crippen molar-refractivity contribution in [1.82, 2.24) is 14.7 Å². The summed E-state index contributed by atoms with van der Waals surface area (Å²) in [6.45, 7) is 3.45. The van der Waals surface area contributed by atoms with Crippen LogP contribution in [-0.2, 0) is 21.4 Å². The number of piperidine rings is 2. The van der Waals surface area contributed by atoms with Crippen molar-refractivity contribution >= 4 is 12.2 Å². The third kappa shape index (κ3) is 3.76. The summed E-state index contributed by atoms with van der Waals surface area (Å²) in [5.41, 5.74) is 2.68. The van der Waals surface area contributed by atoms with Crippen LogP contribution in [0.5, 0.6) is 0 Å². The van der Waals surface area contributed by atoms with Gasteiger partial charge in [-0.15, -0.1) is 0 Å². The summed E-state index contributed by atoms with van der Waals surface area (Å²) in [6, 6.07) is 9.84. The summed E-state index contributed by atoms with van der Waals surface area (Å²) in [5.74, 6) is 0. The summed E-state index contributed by atoms with van der Waals surface area (Å²) in [4.78, 5) is 31.9. The number of carbonyl (C=O) groups is 2. The number of likely N-dealkylation sites (tertiary alicyclic amines) is 1. The van der Waals surface area contributed by atoms with Gasteiger partial charge >= 0.3 is 12.2 Å². The number of amides is 2. The van der Waals surface area contributed by atoms with E-state index >= 15 is 0 Å². The number of methoxy groups -OCH3 is 1. The van der Waals surface area contributed by atoms with Crippen molar-refractivity contribution in [3.8, 4) is 0 Å². The maximum atomic E-state index is 12.8. The number of benzene rings is 1. The lowest BCUT2D eigenvalue weighted by atomic mass is 9.68. The number of rotatable bonds is 2. The van der Waals surface area contributed by atoms with Gasteiger partial charge in [0, 0.05) is 36.6 Å². The number of ether oxygens (including phenoxy) is 2. The van der Waals surface area contributed by atoms with Crippen LogP contribution in [0.3, 0.4) is 0 Å². The van der Waals surface area contributed by atoms with E-state index in [9.17, 15) is 9.59 Å². The van der Waals surface area contributed by atoms with E-state index in [4.69, 9.17) is 9.47 Å². The highest BCUT2D eigenvalue weighted by Gasteiger charge is 2.49. The standard InChI is InChI=1S/C27H37N3O4/c1-33-25(31)29-17-19-5-2-3-8-24(19)27(18-29)11-13-28(14-12-27)22-15-20-9-10-21(16-22)30(20)26(32)34-23-6-4-7-23/h2-3,5,8,20-23H,4,6-7,9-18H2,1H3. The summed E-state index contributed by atoms with van der Waals surface area (Å²) < 4.78 is 10.8. The molecule has 1 aromatic carbocycles. The number of hydrogen-bond donors (Lipinski definition) is 0. The molecule has 34 heavy (non-hydrogen) atoms. The Morgan fingerprint density at radius 1 is 0.941 bits per heavy atom. The molecule has 3 saturated heterocycles. The van der Waals surface area contributed by atoms with Crippen molar-refractivity contribution in [2.45, 2.75) is 94.0 Å². The van der Waals surface area contributed by atoms with Gasteiger partial charge in [0.1, 0.15) is 6.10 Å². The Morgan fingerprint density at radius 2 is 1.65 bits per heavy atom. The van der Waals surface area contributed by atoms with Crippen LogP contribution in [0.2, 0.25) is 0 Å². The molecule has 7 nitrogen and oxygen atoms in total. The molecule has 2 atom stereocenters. The van der Waals surface area contributed by atoms with Crippen LogP contribution in [0.15, 0.2) is 24.3 Å². The molecular formula is C27H37N3O4. The molecule has 4 fully saturated rings. The Labute approximate surface area is 202 Å². The number of carbonyl (C=O) groups excluding carboxylic acids is 2. The summed E-state index contributed by atoms with van der Waals surface area (Å²) in [5, 5.41) is 0. The second-order valence-corrected chi connectivity index (χ2v) is 11.2. The van der Waals surface area contributed by atoms with E-state index < -0.39 is 0 Å². The third-order valence-electron chi connectivity index (χ3n) is 9.39. The van der Waals surface area contributed by atoms with Crippen LogP contribution < -0.4 is 0 Å². The van der Waals surface area contributed by atoms with E-state index in [2.05, 4.69) is 34.1 Å². The van der Waals surface area contributed by atoms with Gasteiger partial charge in [0.15, 0.2) is 0 Å². The van der Waals surface area contributed by atoms with Crippen LogP contribution in [0, 0.1) is 0 Å². The molecule has 4 aliphatic heterocycles. The minimum absolute atomic E-state index is 0.00575. The predicted octanol–water partition coefficient (Wildman–Crippen LogP) is 4.29. The van der Waals surface area contributed by atoms with Gasteiger partial charge in [-0.05, 0) is 82.0 Å². The Balaban J connectivity index is 1.12. The van der Waals surface area contributed by atoms with Crippen LogP contribution in [0.1, 0.15) is 68.9 Å². The first kappa shape index (κ1) is 22.2. The smallest absolute Gasteiger partial charge is 0.410 e. The normalized spacial score (nSPS) is 30.6. The topological polar surface area (TPSA) is 62.3 Å². The molecule has 2 amide bonds. The van der Waals surface area contributed by atoms with Gasteiger partial charge in [0.25, 0.3) is 0 Å². The first-order chi connectivity index (χ1) is 16.6. The Morgan fingerprint density at radius 3 is 2.29 bits per heavy atom. The zero-order valence-corrected chi connectivity index (χ0v) is 20.3. The Kier molecular flexibility index (Phi) is 5.71. The Bertz CT molecular complexity index is 926. The van der Waals surface area contributed by atoms with Crippen LogP contribution >= 0.6 is 0 Å². The molecule has 1 saturated carbocycles. The third-order valence-corrected chi connectivity index (χ3v) is 9.39. The fourth-order valence-electron chi connectivity index (χ4n) is 7.33. The highest BCUT2D eigenvalue weighted by atomic mass is 16.6. The lowest BCUT2D eigenvalue weighted by Gasteiger charge is -2.51. The fourth-order valence-corrected chi connectivity index (χ4v) is 7.33. The van der Waals surface area contributed by atoms with Gasteiger partial charge in [-0.3, -0.25) is 0 Å². The molecule has 0 radical (unpaired) electrons. The highest BCUT2D eigenvalue weighted by Crippen LogP contribution is 2.44. The molecule has 1 aromatic rings. The van der Waals surface area contributed by atoms with E-state index in [1.54, 1.807) is 0 Å². The van der Waals surface area contributed by atoms with Gasteiger partial charge < -0.3 is 24.2 Å². The molecule has 2 unspecified atom stereocenters. The molecule has 1 aliphatic carbocycles. The van der Waals surface area contributed by atoms with E-state index in [0.29, 0.717) is 24.7 Å². The minimum Gasteiger partial charge on any atom is -0.453 e. The first-order valence-corrected chi connectivity index (χ1v) is 13.2. The van der Waals surface area contributed by atoms with E-state index in [0.717, 1.165) is 71.0 Å². The van der Waals surface area contributed by atoms with Crippen LogP contribution in [0.25, 0.3) is 0 Å². The van der Waals surface area contributed by atoms with Crippen molar-refractivity contribution in [3.05, 3.63) is 35.4 Å². The van der Waals surface area contributed by atoms with Gasteiger partial charge in [0.05, 0.1) is 7.11 Å². The van der Waals surface area contributed by atoms with Crippen molar-refractivity contribution in [2.75, 3.05) is 26.7 Å². The molecule has 0 N–H and O–H groups in total. The summed E-state index contributed by atoms with van der Waals surface area (Å²) in [6.07, 6.45) is 9.57. The van der Waals surface area contributed by atoms with Gasteiger partial charge in [0.2, 0.25) is 0 Å². The average molecular weight is 468 g/mol. The molecule has 6 rings (SSSR count). The van der Waals surface area contributed by atoms with Crippen molar-refractivity contribution in [1.29, 1.82) is 0 Å². The predicted molar refractivity (Wildman–Crippen MR) is 128 cm³/mol. The maximum absolute atomic E-state index is 12.8. The summed E-state index contributed by atoms with van der Waals surface area (Å²) in [7, 11) is 1.47. The van der Waals surface area contributed by atoms with Crippen molar-refractivity contribution < 1.29 is 19.1 Å². The van der Waals surface area contributed by atoms with Gasteiger partial charge in [-0.2, -0.15) is 0 Å². The first-order valence-electron chi connectivity index (χ1n) is 13.2. The molecule has 184 valence electrons. The minimum atomic E-state index is -0.228. The monoisotopic (exact) mass is 467 g/mol. The average Bonchev–Trinajstić information content (AvgIpc) is 3.10. The summed E-state index contributed by atoms with van der Waals surface area (Å²) >= 11 is 0. The molecule has 2 bridgehead atoms. The van der Waals surface area contributed by atoms with E-state index in [1.807, 2.05) is 4.90 Å². The molecule has 7 heteroatoms. The van der Waals surface area contributed by atoms with E-state index in [1.165, 1.54) is 24.7 Å². The molecule has 4 heterocycles. The maximum Gasteiger partial charge on any atom is 0.410 e. The van der Waals surface area contributed by atoms with E-state index in [-0.39, 0.29) is 23.7 Å². The number of nitrogens with zero attached hydrogens (tertiary/aromatic N) is 3. The zero-order chi connectivity index (χ0) is 23.3. The quantitative estimate of drug-likeness (QED) is 0.650. The van der Waals surface area contributed by atoms with Crippen molar-refractivity contribution in [3.63, 3.8) is 0 Å². The van der Waals surface area contributed by atoms with Gasteiger partial charge in [-0.1, -0.05) is 24.3 Å². The van der Waals surface area contributed by atoms with Crippen LogP contribution in [-0.4, -0.2) is 77.9 Å². The molecule has 1 spiro atoms. The SMILES string of the molecule is COC(=O)N1Cc2ccccc2C2(CCN(C3CC4CCC(C3)N4C(=O)OC3CCC3)CC2)C1. The zero-order valence-electron chi connectivity index (χ0n) is 20.3. The van der Waals surface area contributed by atoms with Crippen molar-refractivity contribution in [2.24, 2.45) is 0 Å². The second kappa shape index (κ2) is 8.74. The van der Waals surface area contributed by atoms with Gasteiger partial charge in [-0.25, -0.2) is 9.59 Å². The molecule has 5 aliphatic rings. The number of fused-ring (bicyclic) bond motifs is 4. The highest BCUT2D eigenvalue weighted by molar-refractivity contribution is 5.69. The molecule has 0 aromatic heterocycles. The number of hydrogen-bond acceptors (Lipinski definition) is 5. The van der Waals surface area contributed by atoms with Crippen LogP contribution in [0.4, 0.5) is 9.59 Å². The Hall–Kier alpha value is -2.28. The fraction of sp³-hybridized carbons (Fsp3) is 0.704. The largest absolute Gasteiger partial charge is 0.453 e. The molecular weight excluding hydrogens is 430 g/mol. The lowest BCUT2D eigenvalue weighted by molar-refractivity contribution is -0.00809. The second-order valence-electron chi connectivity index (χ2n) is 11.2.